The Labute approximate surface area is 153 Å². The quantitative estimate of drug-likeness (QED) is 0.256. The van der Waals surface area contributed by atoms with Crippen LogP contribution in [0.4, 0.5) is 0 Å². The van der Waals surface area contributed by atoms with Gasteiger partial charge >= 0.3 is 0 Å². The summed E-state index contributed by atoms with van der Waals surface area (Å²) in [6, 6.07) is 21.2. The Morgan fingerprint density at radius 2 is 1.56 bits per heavy atom. The third-order valence-electron chi connectivity index (χ3n) is 5.70. The minimum Gasteiger partial charge on any atom is -0.437 e. The first-order valence-electron chi connectivity index (χ1n) is 9.01. The summed E-state index contributed by atoms with van der Waals surface area (Å²) >= 11 is 0. The number of furan rings is 1. The van der Waals surface area contributed by atoms with Gasteiger partial charge in [0.2, 0.25) is 5.71 Å². The maximum Gasteiger partial charge on any atom is 0.227 e. The maximum absolute atomic E-state index is 6.31. The highest BCUT2D eigenvalue weighted by Crippen LogP contribution is 2.48. The fraction of sp³-hybridized carbons (Fsp3) is 0. The normalized spacial score (nSPS) is 12.4. The molecule has 0 saturated carbocycles. The number of nitrogens with zero attached hydrogens (tertiary/aromatic N) is 2. The predicted molar refractivity (Wildman–Crippen MR) is 110 cm³/mol. The molecule has 0 fully saturated rings. The molecule has 0 bridgehead atoms. The molecule has 0 unspecified atom stereocenters. The smallest absolute Gasteiger partial charge is 0.227 e. The molecule has 0 amide bonds. The van der Waals surface area contributed by atoms with Crippen molar-refractivity contribution in [2.75, 3.05) is 0 Å². The second kappa shape index (κ2) is 4.51. The van der Waals surface area contributed by atoms with Gasteiger partial charge in [0.15, 0.2) is 0 Å². The van der Waals surface area contributed by atoms with Crippen LogP contribution in [0.15, 0.2) is 77.5 Å². The summed E-state index contributed by atoms with van der Waals surface area (Å²) in [6.45, 7) is 0. The average Bonchev–Trinajstić information content (AvgIpc) is 3.13. The molecule has 3 aromatic heterocycles. The molecule has 3 heteroatoms. The van der Waals surface area contributed by atoms with E-state index in [2.05, 4.69) is 52.4 Å². The van der Waals surface area contributed by atoms with E-state index in [-0.39, 0.29) is 0 Å². The number of pyridine rings is 2. The van der Waals surface area contributed by atoms with Crippen molar-refractivity contribution in [3.8, 4) is 11.3 Å². The molecule has 3 heterocycles. The highest BCUT2D eigenvalue weighted by molar-refractivity contribution is 6.39. The Hall–Kier alpha value is -3.72. The lowest BCUT2D eigenvalue weighted by molar-refractivity contribution is 0.655. The molecule has 0 aliphatic rings. The molecule has 0 radical (unpaired) electrons. The van der Waals surface area contributed by atoms with Gasteiger partial charge in [0.05, 0.1) is 11.1 Å². The molecular formula is C24H12N2O. The first-order chi connectivity index (χ1) is 13.4. The number of fused-ring (bicyclic) bond motifs is 1. The summed E-state index contributed by atoms with van der Waals surface area (Å²) in [4.78, 5) is 9.10. The van der Waals surface area contributed by atoms with Crippen molar-refractivity contribution < 1.29 is 4.42 Å². The minimum absolute atomic E-state index is 0.693. The van der Waals surface area contributed by atoms with Crippen LogP contribution in [0.3, 0.4) is 0 Å². The first-order valence-corrected chi connectivity index (χ1v) is 9.01. The molecule has 0 spiro atoms. The van der Waals surface area contributed by atoms with Crippen molar-refractivity contribution in [1.82, 2.24) is 9.97 Å². The molecule has 3 nitrogen and oxygen atoms in total. The fourth-order valence-electron chi connectivity index (χ4n) is 4.62. The third-order valence-corrected chi connectivity index (χ3v) is 5.70. The molecule has 4 aromatic carbocycles. The molecule has 0 N–H and O–H groups in total. The van der Waals surface area contributed by atoms with E-state index in [1.807, 2.05) is 30.6 Å². The van der Waals surface area contributed by atoms with E-state index in [9.17, 15) is 0 Å². The fourth-order valence-corrected chi connectivity index (χ4v) is 4.62. The average molecular weight is 344 g/mol. The summed E-state index contributed by atoms with van der Waals surface area (Å²) in [6.07, 6.45) is 3.66. The lowest BCUT2D eigenvalue weighted by atomic mass is 9.88. The number of hydrogen-bond donors (Lipinski definition) is 0. The van der Waals surface area contributed by atoms with Crippen molar-refractivity contribution >= 4 is 54.4 Å². The van der Waals surface area contributed by atoms with Crippen LogP contribution in [-0.2, 0) is 0 Å². The topological polar surface area (TPSA) is 38.9 Å². The van der Waals surface area contributed by atoms with E-state index in [1.165, 1.54) is 32.3 Å². The van der Waals surface area contributed by atoms with Gasteiger partial charge in [-0.25, -0.2) is 4.98 Å². The number of benzene rings is 4. The van der Waals surface area contributed by atoms with Crippen molar-refractivity contribution in [3.63, 3.8) is 0 Å². The maximum atomic E-state index is 6.31. The monoisotopic (exact) mass is 344 g/mol. The summed E-state index contributed by atoms with van der Waals surface area (Å²) in [5, 5.41) is 9.75. The van der Waals surface area contributed by atoms with Gasteiger partial charge in [0.25, 0.3) is 0 Å². The van der Waals surface area contributed by atoms with Crippen molar-refractivity contribution in [2.45, 2.75) is 0 Å². The van der Waals surface area contributed by atoms with Gasteiger partial charge < -0.3 is 4.42 Å². The van der Waals surface area contributed by atoms with Gasteiger partial charge in [0.1, 0.15) is 5.58 Å². The van der Waals surface area contributed by atoms with E-state index in [4.69, 9.17) is 4.42 Å². The SMILES string of the molecule is c1ccc(-c2cc3ccc4cccc5c6ccnc7oc2c(c76)c3c45)nc1. The van der Waals surface area contributed by atoms with Crippen molar-refractivity contribution in [2.24, 2.45) is 0 Å². The van der Waals surface area contributed by atoms with Crippen LogP contribution in [0.25, 0.3) is 65.6 Å². The molecule has 7 aromatic rings. The molecule has 124 valence electrons. The highest BCUT2D eigenvalue weighted by atomic mass is 16.3. The van der Waals surface area contributed by atoms with Crippen LogP contribution in [0.2, 0.25) is 0 Å². The van der Waals surface area contributed by atoms with E-state index in [0.29, 0.717) is 5.71 Å². The zero-order valence-electron chi connectivity index (χ0n) is 14.2. The zero-order chi connectivity index (χ0) is 17.5. The summed E-state index contributed by atoms with van der Waals surface area (Å²) in [7, 11) is 0. The molecule has 0 atom stereocenters. The Bertz CT molecular complexity index is 1610. The second-order valence-corrected chi connectivity index (χ2v) is 7.05. The largest absolute Gasteiger partial charge is 0.437 e. The highest BCUT2D eigenvalue weighted by Gasteiger charge is 2.23. The lowest BCUT2D eigenvalue weighted by Crippen LogP contribution is -1.89. The van der Waals surface area contributed by atoms with E-state index in [0.717, 1.165) is 27.6 Å². The van der Waals surface area contributed by atoms with Gasteiger partial charge in [-0.1, -0.05) is 36.4 Å². The van der Waals surface area contributed by atoms with E-state index >= 15 is 0 Å². The van der Waals surface area contributed by atoms with Crippen LogP contribution in [-0.4, -0.2) is 9.97 Å². The van der Waals surface area contributed by atoms with Gasteiger partial charge in [-0.15, -0.1) is 0 Å². The standard InChI is InChI=1S/C24H12N2O/c1-2-10-25-18(6-1)17-12-14-8-7-13-4-3-5-15-16-9-11-26-24-21(16)22(23(17)27-24)20(14)19(13)15/h1-12H. The Morgan fingerprint density at radius 3 is 2.48 bits per heavy atom. The molecule has 7 rings (SSSR count). The van der Waals surface area contributed by atoms with Gasteiger partial charge in [0, 0.05) is 28.7 Å². The van der Waals surface area contributed by atoms with Crippen LogP contribution in [0, 0.1) is 0 Å². The molecule has 0 aliphatic carbocycles. The Kier molecular flexibility index (Phi) is 2.25. The van der Waals surface area contributed by atoms with Crippen LogP contribution in [0.1, 0.15) is 0 Å². The van der Waals surface area contributed by atoms with Gasteiger partial charge in [-0.05, 0) is 51.2 Å². The first kappa shape index (κ1) is 13.5. The van der Waals surface area contributed by atoms with Crippen LogP contribution >= 0.6 is 0 Å². The Balaban J connectivity index is 1.87. The third kappa shape index (κ3) is 1.53. The minimum atomic E-state index is 0.693. The molecule has 0 aliphatic heterocycles. The predicted octanol–water partition coefficient (Wildman–Crippen LogP) is 6.38. The molecule has 0 saturated heterocycles. The lowest BCUT2D eigenvalue weighted by Gasteiger charge is -2.13. The van der Waals surface area contributed by atoms with Crippen molar-refractivity contribution in [3.05, 3.63) is 73.1 Å². The summed E-state index contributed by atoms with van der Waals surface area (Å²) in [5.74, 6) is 0. The van der Waals surface area contributed by atoms with Crippen molar-refractivity contribution in [1.29, 1.82) is 0 Å². The number of aromatic nitrogens is 2. The van der Waals surface area contributed by atoms with Gasteiger partial charge in [-0.2, -0.15) is 0 Å². The van der Waals surface area contributed by atoms with E-state index in [1.54, 1.807) is 0 Å². The zero-order valence-corrected chi connectivity index (χ0v) is 14.2. The summed E-state index contributed by atoms with van der Waals surface area (Å²) in [5.41, 5.74) is 3.50. The van der Waals surface area contributed by atoms with E-state index < -0.39 is 0 Å². The molecular weight excluding hydrogens is 332 g/mol. The molecule has 27 heavy (non-hydrogen) atoms. The van der Waals surface area contributed by atoms with Crippen LogP contribution in [0.5, 0.6) is 0 Å². The summed E-state index contributed by atoms with van der Waals surface area (Å²) < 4.78 is 6.31. The van der Waals surface area contributed by atoms with Crippen LogP contribution < -0.4 is 0 Å². The van der Waals surface area contributed by atoms with Gasteiger partial charge in [-0.3, -0.25) is 4.98 Å². The Morgan fingerprint density at radius 1 is 0.630 bits per heavy atom. The number of hydrogen-bond acceptors (Lipinski definition) is 3. The number of rotatable bonds is 1. The second-order valence-electron chi connectivity index (χ2n) is 7.05.